The maximum atomic E-state index is 12.7. The number of rotatable bonds is 4. The SMILES string of the molecule is CN(C)S(=O)(=O)Nc1cnn(-c2cccc(C(F)(F)F)c2)c1. The van der Waals surface area contributed by atoms with Gasteiger partial charge in [-0.25, -0.2) is 4.68 Å². The lowest BCUT2D eigenvalue weighted by Gasteiger charge is -2.11. The summed E-state index contributed by atoms with van der Waals surface area (Å²) in [7, 11) is -1.01. The second-order valence-electron chi connectivity index (χ2n) is 4.61. The van der Waals surface area contributed by atoms with Gasteiger partial charge in [-0.15, -0.1) is 0 Å². The van der Waals surface area contributed by atoms with E-state index in [0.29, 0.717) is 0 Å². The minimum atomic E-state index is -4.46. The van der Waals surface area contributed by atoms with Gasteiger partial charge < -0.3 is 0 Å². The average molecular weight is 334 g/mol. The van der Waals surface area contributed by atoms with E-state index in [4.69, 9.17) is 0 Å². The van der Waals surface area contributed by atoms with Crippen molar-refractivity contribution in [3.8, 4) is 5.69 Å². The van der Waals surface area contributed by atoms with Crippen LogP contribution in [0.1, 0.15) is 5.56 Å². The fourth-order valence-corrected chi connectivity index (χ4v) is 2.17. The van der Waals surface area contributed by atoms with E-state index in [1.165, 1.54) is 38.6 Å². The summed E-state index contributed by atoms with van der Waals surface area (Å²) in [6.45, 7) is 0. The second kappa shape index (κ2) is 5.61. The maximum absolute atomic E-state index is 12.7. The third-order valence-electron chi connectivity index (χ3n) is 2.75. The van der Waals surface area contributed by atoms with Crippen molar-refractivity contribution in [2.45, 2.75) is 6.18 Å². The lowest BCUT2D eigenvalue weighted by Crippen LogP contribution is -2.28. The molecular formula is C12H13F3N4O2S. The van der Waals surface area contributed by atoms with E-state index in [2.05, 4.69) is 9.82 Å². The monoisotopic (exact) mass is 334 g/mol. The second-order valence-corrected chi connectivity index (χ2v) is 6.50. The third-order valence-corrected chi connectivity index (χ3v) is 4.20. The average Bonchev–Trinajstić information content (AvgIpc) is 2.85. The number of nitrogens with one attached hydrogen (secondary N) is 1. The van der Waals surface area contributed by atoms with Crippen molar-refractivity contribution >= 4 is 15.9 Å². The summed E-state index contributed by atoms with van der Waals surface area (Å²) in [5, 5.41) is 3.86. The first-order valence-corrected chi connectivity index (χ1v) is 7.46. The van der Waals surface area contributed by atoms with Crippen LogP contribution in [0.25, 0.3) is 5.69 Å². The van der Waals surface area contributed by atoms with Crippen LogP contribution in [0.5, 0.6) is 0 Å². The Hall–Kier alpha value is -2.07. The summed E-state index contributed by atoms with van der Waals surface area (Å²) < 4.78 is 65.7. The van der Waals surface area contributed by atoms with E-state index in [1.807, 2.05) is 0 Å². The van der Waals surface area contributed by atoms with Crippen molar-refractivity contribution < 1.29 is 21.6 Å². The van der Waals surface area contributed by atoms with Crippen molar-refractivity contribution in [2.75, 3.05) is 18.8 Å². The highest BCUT2D eigenvalue weighted by molar-refractivity contribution is 7.90. The molecule has 1 N–H and O–H groups in total. The molecule has 1 heterocycles. The van der Waals surface area contributed by atoms with Crippen LogP contribution in [0, 0.1) is 0 Å². The molecule has 2 aromatic rings. The zero-order valence-electron chi connectivity index (χ0n) is 11.7. The van der Waals surface area contributed by atoms with E-state index in [0.717, 1.165) is 21.1 Å². The zero-order chi connectivity index (χ0) is 16.5. The van der Waals surface area contributed by atoms with Crippen LogP contribution < -0.4 is 4.72 Å². The van der Waals surface area contributed by atoms with Crippen LogP contribution in [0.15, 0.2) is 36.7 Å². The topological polar surface area (TPSA) is 67.2 Å². The molecule has 0 atom stereocenters. The molecule has 0 spiro atoms. The Bertz CT molecular complexity index is 769. The zero-order valence-corrected chi connectivity index (χ0v) is 12.5. The molecule has 0 saturated carbocycles. The fraction of sp³-hybridized carbons (Fsp3) is 0.250. The predicted octanol–water partition coefficient (Wildman–Crippen LogP) is 2.11. The molecule has 120 valence electrons. The first-order valence-electron chi connectivity index (χ1n) is 6.02. The molecule has 2 rings (SSSR count). The minimum Gasteiger partial charge on any atom is -0.268 e. The highest BCUT2D eigenvalue weighted by Crippen LogP contribution is 2.30. The number of anilines is 1. The number of nitrogens with zero attached hydrogens (tertiary/aromatic N) is 3. The van der Waals surface area contributed by atoms with Gasteiger partial charge in [0, 0.05) is 14.1 Å². The Kier molecular flexibility index (Phi) is 4.16. The third kappa shape index (κ3) is 3.57. The molecular weight excluding hydrogens is 321 g/mol. The van der Waals surface area contributed by atoms with E-state index < -0.39 is 21.9 Å². The quantitative estimate of drug-likeness (QED) is 0.931. The summed E-state index contributed by atoms with van der Waals surface area (Å²) in [5.74, 6) is 0. The Labute approximate surface area is 125 Å². The molecule has 0 bridgehead atoms. The van der Waals surface area contributed by atoms with Crippen molar-refractivity contribution in [1.82, 2.24) is 14.1 Å². The van der Waals surface area contributed by atoms with Gasteiger partial charge >= 0.3 is 16.4 Å². The Balaban J connectivity index is 2.29. The van der Waals surface area contributed by atoms with Crippen LogP contribution in [0.3, 0.4) is 0 Å². The van der Waals surface area contributed by atoms with Gasteiger partial charge in [-0.05, 0) is 18.2 Å². The molecule has 0 aliphatic rings. The largest absolute Gasteiger partial charge is 0.416 e. The molecule has 0 aliphatic heterocycles. The summed E-state index contributed by atoms with van der Waals surface area (Å²) in [6.07, 6.45) is -1.96. The van der Waals surface area contributed by atoms with E-state index in [9.17, 15) is 21.6 Å². The molecule has 10 heteroatoms. The van der Waals surface area contributed by atoms with Crippen molar-refractivity contribution in [2.24, 2.45) is 0 Å². The number of benzene rings is 1. The van der Waals surface area contributed by atoms with Gasteiger partial charge in [0.15, 0.2) is 0 Å². The van der Waals surface area contributed by atoms with E-state index in [-0.39, 0.29) is 11.4 Å². The molecule has 0 amide bonds. The molecule has 1 aromatic carbocycles. The van der Waals surface area contributed by atoms with Gasteiger partial charge in [0.25, 0.3) is 0 Å². The number of hydrogen-bond donors (Lipinski definition) is 1. The number of halogens is 3. The first-order chi connectivity index (χ1) is 10.1. The van der Waals surface area contributed by atoms with Crippen LogP contribution in [-0.4, -0.2) is 36.6 Å². The standard InChI is InChI=1S/C12H13F3N4O2S/c1-18(2)22(20,21)17-10-7-16-19(8-10)11-5-3-4-9(6-11)12(13,14)15/h3-8,17H,1-2H3. The van der Waals surface area contributed by atoms with Crippen LogP contribution in [0.4, 0.5) is 18.9 Å². The lowest BCUT2D eigenvalue weighted by molar-refractivity contribution is -0.137. The van der Waals surface area contributed by atoms with Gasteiger partial charge in [0.2, 0.25) is 0 Å². The van der Waals surface area contributed by atoms with E-state index in [1.54, 1.807) is 0 Å². The molecule has 0 unspecified atom stereocenters. The Morgan fingerprint density at radius 3 is 2.55 bits per heavy atom. The summed E-state index contributed by atoms with van der Waals surface area (Å²) in [5.41, 5.74) is -0.493. The minimum absolute atomic E-state index is 0.145. The molecule has 0 fully saturated rings. The summed E-state index contributed by atoms with van der Waals surface area (Å²) in [4.78, 5) is 0. The van der Waals surface area contributed by atoms with Gasteiger partial charge in [-0.2, -0.15) is 31.0 Å². The Morgan fingerprint density at radius 2 is 1.95 bits per heavy atom. The van der Waals surface area contributed by atoms with Gasteiger partial charge in [-0.3, -0.25) is 4.72 Å². The van der Waals surface area contributed by atoms with Gasteiger partial charge in [0.1, 0.15) is 0 Å². The number of aromatic nitrogens is 2. The summed E-state index contributed by atoms with van der Waals surface area (Å²) >= 11 is 0. The van der Waals surface area contributed by atoms with Crippen molar-refractivity contribution in [3.05, 3.63) is 42.2 Å². The molecule has 0 aliphatic carbocycles. The van der Waals surface area contributed by atoms with Crippen LogP contribution >= 0.6 is 0 Å². The van der Waals surface area contributed by atoms with Crippen molar-refractivity contribution in [1.29, 1.82) is 0 Å². The summed E-state index contributed by atoms with van der Waals surface area (Å²) in [6, 6.07) is 4.57. The molecule has 6 nitrogen and oxygen atoms in total. The molecule has 0 saturated heterocycles. The van der Waals surface area contributed by atoms with Crippen LogP contribution in [-0.2, 0) is 16.4 Å². The van der Waals surface area contributed by atoms with Gasteiger partial charge in [0.05, 0.1) is 29.3 Å². The highest BCUT2D eigenvalue weighted by Gasteiger charge is 2.30. The maximum Gasteiger partial charge on any atom is 0.416 e. The van der Waals surface area contributed by atoms with Gasteiger partial charge in [-0.1, -0.05) is 6.07 Å². The van der Waals surface area contributed by atoms with Crippen molar-refractivity contribution in [3.63, 3.8) is 0 Å². The van der Waals surface area contributed by atoms with E-state index >= 15 is 0 Å². The highest BCUT2D eigenvalue weighted by atomic mass is 32.2. The number of alkyl halides is 3. The fourth-order valence-electron chi connectivity index (χ4n) is 1.58. The Morgan fingerprint density at radius 1 is 1.27 bits per heavy atom. The lowest BCUT2D eigenvalue weighted by atomic mass is 10.2. The first kappa shape index (κ1) is 16.3. The van der Waals surface area contributed by atoms with Crippen LogP contribution in [0.2, 0.25) is 0 Å². The number of hydrogen-bond acceptors (Lipinski definition) is 3. The smallest absolute Gasteiger partial charge is 0.268 e. The molecule has 0 radical (unpaired) electrons. The normalized spacial score (nSPS) is 12.6. The molecule has 1 aromatic heterocycles. The molecule has 22 heavy (non-hydrogen) atoms. The predicted molar refractivity (Wildman–Crippen MR) is 74.8 cm³/mol.